The molecule has 3 N–H and O–H groups in total. The Morgan fingerprint density at radius 1 is 1.44 bits per heavy atom. The van der Waals surface area contributed by atoms with Crippen molar-refractivity contribution in [2.24, 2.45) is 5.92 Å². The van der Waals surface area contributed by atoms with Crippen molar-refractivity contribution >= 4 is 11.9 Å². The molecule has 92 valence electrons. The number of carbonyl (C=O) groups excluding carboxylic acids is 1. The third-order valence-electron chi connectivity index (χ3n) is 3.03. The van der Waals surface area contributed by atoms with Gasteiger partial charge in [-0.05, 0) is 32.1 Å². The Hall–Kier alpha value is -1.10. The fourth-order valence-corrected chi connectivity index (χ4v) is 1.65. The van der Waals surface area contributed by atoms with Crippen LogP contribution in [0.4, 0.5) is 0 Å². The number of rotatable bonds is 7. The third-order valence-corrected chi connectivity index (χ3v) is 3.03. The summed E-state index contributed by atoms with van der Waals surface area (Å²) in [7, 11) is 0. The largest absolute Gasteiger partial charge is 0.480 e. The molecule has 1 rings (SSSR count). The fourth-order valence-electron chi connectivity index (χ4n) is 1.65. The van der Waals surface area contributed by atoms with E-state index in [0.29, 0.717) is 6.54 Å². The zero-order valence-corrected chi connectivity index (χ0v) is 9.88. The summed E-state index contributed by atoms with van der Waals surface area (Å²) in [4.78, 5) is 22.5. The quantitative estimate of drug-likeness (QED) is 0.587. The molecule has 1 aliphatic carbocycles. The number of hydrogen-bond acceptors (Lipinski definition) is 3. The Labute approximate surface area is 95.6 Å². The minimum absolute atomic E-state index is 0.0687. The average Bonchev–Trinajstić information content (AvgIpc) is 3.06. The van der Waals surface area contributed by atoms with Gasteiger partial charge in [-0.25, -0.2) is 0 Å². The smallest absolute Gasteiger partial charge is 0.323 e. The van der Waals surface area contributed by atoms with Gasteiger partial charge in [-0.2, -0.15) is 0 Å². The fraction of sp³-hybridized carbons (Fsp3) is 0.818. The molecule has 0 aromatic heterocycles. The molecule has 5 heteroatoms. The standard InChI is InChI=1S/C11H20N2O3/c1-3-6-12-9(14)7-13-11(2,10(15)16)8-4-5-8/h8,13H,3-7H2,1-2H3,(H,12,14)(H,15,16). The van der Waals surface area contributed by atoms with Crippen LogP contribution in [0.5, 0.6) is 0 Å². The summed E-state index contributed by atoms with van der Waals surface area (Å²) in [6.07, 6.45) is 2.73. The zero-order valence-electron chi connectivity index (χ0n) is 9.88. The molecule has 0 radical (unpaired) electrons. The molecule has 0 spiro atoms. The number of carboxylic acids is 1. The van der Waals surface area contributed by atoms with Gasteiger partial charge in [0.05, 0.1) is 6.54 Å². The van der Waals surface area contributed by atoms with Gasteiger partial charge in [0.2, 0.25) is 5.91 Å². The summed E-state index contributed by atoms with van der Waals surface area (Å²) in [6.45, 7) is 4.33. The van der Waals surface area contributed by atoms with Gasteiger partial charge in [-0.15, -0.1) is 0 Å². The highest BCUT2D eigenvalue weighted by molar-refractivity contribution is 5.82. The van der Waals surface area contributed by atoms with Crippen LogP contribution >= 0.6 is 0 Å². The highest BCUT2D eigenvalue weighted by Gasteiger charge is 2.47. The molecule has 1 saturated carbocycles. The van der Waals surface area contributed by atoms with E-state index in [1.165, 1.54) is 0 Å². The lowest BCUT2D eigenvalue weighted by atomic mass is 9.96. The van der Waals surface area contributed by atoms with Crippen LogP contribution < -0.4 is 10.6 Å². The highest BCUT2D eigenvalue weighted by atomic mass is 16.4. The van der Waals surface area contributed by atoms with Gasteiger partial charge in [-0.3, -0.25) is 14.9 Å². The Balaban J connectivity index is 2.38. The Bertz CT molecular complexity index is 276. The summed E-state index contributed by atoms with van der Waals surface area (Å²) in [6, 6.07) is 0. The molecular weight excluding hydrogens is 208 g/mol. The summed E-state index contributed by atoms with van der Waals surface area (Å²) in [5, 5.41) is 14.7. The zero-order chi connectivity index (χ0) is 12.2. The first-order valence-corrected chi connectivity index (χ1v) is 5.75. The predicted molar refractivity (Wildman–Crippen MR) is 60.1 cm³/mol. The van der Waals surface area contributed by atoms with E-state index in [1.54, 1.807) is 6.92 Å². The summed E-state index contributed by atoms with van der Waals surface area (Å²) >= 11 is 0. The van der Waals surface area contributed by atoms with Crippen molar-refractivity contribution < 1.29 is 14.7 Å². The lowest BCUT2D eigenvalue weighted by Gasteiger charge is -2.25. The monoisotopic (exact) mass is 228 g/mol. The second-order valence-electron chi connectivity index (χ2n) is 4.49. The number of nitrogens with one attached hydrogen (secondary N) is 2. The summed E-state index contributed by atoms with van der Waals surface area (Å²) in [5.41, 5.74) is -0.955. The van der Waals surface area contributed by atoms with E-state index in [2.05, 4.69) is 10.6 Å². The van der Waals surface area contributed by atoms with Crippen LogP contribution in [0.1, 0.15) is 33.1 Å². The number of carboxylic acid groups (broad SMARTS) is 1. The highest BCUT2D eigenvalue weighted by Crippen LogP contribution is 2.39. The number of carbonyl (C=O) groups is 2. The van der Waals surface area contributed by atoms with Crippen LogP contribution in [0.15, 0.2) is 0 Å². The maximum absolute atomic E-state index is 11.3. The van der Waals surface area contributed by atoms with E-state index < -0.39 is 11.5 Å². The molecule has 0 aromatic rings. The SMILES string of the molecule is CCCNC(=O)CNC(C)(C(=O)O)C1CC1. The molecule has 0 heterocycles. The molecule has 0 aromatic carbocycles. The molecule has 1 atom stereocenters. The Morgan fingerprint density at radius 2 is 2.06 bits per heavy atom. The lowest BCUT2D eigenvalue weighted by Crippen LogP contribution is -2.54. The van der Waals surface area contributed by atoms with Crippen LogP contribution in [-0.4, -0.2) is 35.6 Å². The van der Waals surface area contributed by atoms with E-state index in [-0.39, 0.29) is 18.4 Å². The van der Waals surface area contributed by atoms with E-state index in [9.17, 15) is 9.59 Å². The molecule has 5 nitrogen and oxygen atoms in total. The number of amides is 1. The molecule has 0 saturated heterocycles. The molecular formula is C11H20N2O3. The van der Waals surface area contributed by atoms with Crippen LogP contribution in [0, 0.1) is 5.92 Å². The minimum Gasteiger partial charge on any atom is -0.480 e. The van der Waals surface area contributed by atoms with Crippen molar-refractivity contribution in [3.63, 3.8) is 0 Å². The third kappa shape index (κ3) is 3.20. The Morgan fingerprint density at radius 3 is 2.50 bits per heavy atom. The van der Waals surface area contributed by atoms with E-state index in [1.807, 2.05) is 6.92 Å². The first-order valence-electron chi connectivity index (χ1n) is 5.75. The van der Waals surface area contributed by atoms with Gasteiger partial charge in [-0.1, -0.05) is 6.92 Å². The van der Waals surface area contributed by atoms with Crippen LogP contribution in [0.2, 0.25) is 0 Å². The molecule has 1 aliphatic rings. The van der Waals surface area contributed by atoms with Crippen LogP contribution in [0.25, 0.3) is 0 Å². The second-order valence-corrected chi connectivity index (χ2v) is 4.49. The maximum atomic E-state index is 11.3. The number of hydrogen-bond donors (Lipinski definition) is 3. The molecule has 1 unspecified atom stereocenters. The Kier molecular flexibility index (Phi) is 4.29. The number of aliphatic carboxylic acids is 1. The van der Waals surface area contributed by atoms with Gasteiger partial charge < -0.3 is 10.4 Å². The maximum Gasteiger partial charge on any atom is 0.323 e. The first-order chi connectivity index (χ1) is 7.50. The second kappa shape index (κ2) is 5.30. The predicted octanol–water partition coefficient (Wildman–Crippen LogP) is 0.355. The summed E-state index contributed by atoms with van der Waals surface area (Å²) in [5.74, 6) is -0.864. The minimum atomic E-state index is -0.955. The normalized spacial score (nSPS) is 18.9. The molecule has 0 aliphatic heterocycles. The van der Waals surface area contributed by atoms with Gasteiger partial charge in [0.1, 0.15) is 5.54 Å². The lowest BCUT2D eigenvalue weighted by molar-refractivity contribution is -0.145. The van der Waals surface area contributed by atoms with E-state index in [4.69, 9.17) is 5.11 Å². The van der Waals surface area contributed by atoms with Crippen molar-refractivity contribution in [3.05, 3.63) is 0 Å². The molecule has 0 bridgehead atoms. The van der Waals surface area contributed by atoms with Crippen molar-refractivity contribution in [1.82, 2.24) is 10.6 Å². The van der Waals surface area contributed by atoms with Gasteiger partial charge >= 0.3 is 5.97 Å². The molecule has 16 heavy (non-hydrogen) atoms. The average molecular weight is 228 g/mol. The topological polar surface area (TPSA) is 78.4 Å². The first kappa shape index (κ1) is 13.0. The van der Waals surface area contributed by atoms with Crippen molar-refractivity contribution in [2.45, 2.75) is 38.6 Å². The van der Waals surface area contributed by atoms with E-state index >= 15 is 0 Å². The van der Waals surface area contributed by atoms with Crippen LogP contribution in [0.3, 0.4) is 0 Å². The van der Waals surface area contributed by atoms with Crippen molar-refractivity contribution in [2.75, 3.05) is 13.1 Å². The van der Waals surface area contributed by atoms with E-state index in [0.717, 1.165) is 19.3 Å². The van der Waals surface area contributed by atoms with Crippen molar-refractivity contribution in [1.29, 1.82) is 0 Å². The van der Waals surface area contributed by atoms with Gasteiger partial charge in [0.15, 0.2) is 0 Å². The van der Waals surface area contributed by atoms with Crippen LogP contribution in [-0.2, 0) is 9.59 Å². The summed E-state index contributed by atoms with van der Waals surface area (Å²) < 4.78 is 0. The molecule has 1 fully saturated rings. The van der Waals surface area contributed by atoms with Gasteiger partial charge in [0, 0.05) is 6.54 Å². The molecule has 1 amide bonds. The van der Waals surface area contributed by atoms with Crippen molar-refractivity contribution in [3.8, 4) is 0 Å². The van der Waals surface area contributed by atoms with Gasteiger partial charge in [0.25, 0.3) is 0 Å².